The zero-order valence-corrected chi connectivity index (χ0v) is 10.8. The van der Waals surface area contributed by atoms with Crippen LogP contribution in [0.3, 0.4) is 0 Å². The van der Waals surface area contributed by atoms with Crippen molar-refractivity contribution in [3.8, 4) is 5.75 Å². The minimum absolute atomic E-state index is 0.0512. The highest BCUT2D eigenvalue weighted by Gasteiger charge is 2.07. The highest BCUT2D eigenvalue weighted by Crippen LogP contribution is 2.17. The molecule has 0 unspecified atom stereocenters. The van der Waals surface area contributed by atoms with E-state index in [-0.39, 0.29) is 5.69 Å². The molecule has 0 radical (unpaired) electrons. The first-order valence-electron chi connectivity index (χ1n) is 5.86. The number of hydrogen-bond acceptors (Lipinski definition) is 5. The quantitative estimate of drug-likeness (QED) is 0.611. The van der Waals surface area contributed by atoms with Gasteiger partial charge in [0.25, 0.3) is 5.69 Å². The lowest BCUT2D eigenvalue weighted by molar-refractivity contribution is -0.384. The summed E-state index contributed by atoms with van der Waals surface area (Å²) in [4.78, 5) is 14.3. The number of rotatable bonds is 5. The average molecular weight is 262 g/mol. The van der Waals surface area contributed by atoms with Crippen LogP contribution in [-0.4, -0.2) is 16.5 Å². The summed E-state index contributed by atoms with van der Waals surface area (Å²) >= 11 is 0. The third-order valence-electron chi connectivity index (χ3n) is 2.65. The van der Waals surface area contributed by atoms with E-state index < -0.39 is 4.92 Å². The molecule has 100 valence electrons. The van der Waals surface area contributed by atoms with Crippen molar-refractivity contribution in [3.63, 3.8) is 0 Å². The Morgan fingerprint density at radius 3 is 2.53 bits per heavy atom. The Kier molecular flexibility index (Phi) is 3.79. The number of nitro benzene ring substituents is 1. The third-order valence-corrected chi connectivity index (χ3v) is 2.65. The van der Waals surface area contributed by atoms with E-state index in [0.717, 1.165) is 11.5 Å². The van der Waals surface area contributed by atoms with Crippen molar-refractivity contribution < 1.29 is 14.1 Å². The number of oxazole rings is 1. The van der Waals surface area contributed by atoms with E-state index in [4.69, 9.17) is 9.15 Å². The maximum atomic E-state index is 10.5. The summed E-state index contributed by atoms with van der Waals surface area (Å²) in [5, 5.41) is 10.5. The van der Waals surface area contributed by atoms with Gasteiger partial charge >= 0.3 is 0 Å². The molecule has 1 heterocycles. The van der Waals surface area contributed by atoms with Crippen molar-refractivity contribution in [1.82, 2.24) is 4.98 Å². The maximum Gasteiger partial charge on any atom is 0.269 e. The second-order valence-corrected chi connectivity index (χ2v) is 4.09. The first-order valence-corrected chi connectivity index (χ1v) is 5.86. The zero-order chi connectivity index (χ0) is 13.8. The van der Waals surface area contributed by atoms with Gasteiger partial charge in [0.05, 0.1) is 17.2 Å². The van der Waals surface area contributed by atoms with Crippen LogP contribution in [0.25, 0.3) is 0 Å². The van der Waals surface area contributed by atoms with Crippen molar-refractivity contribution in [2.45, 2.75) is 20.3 Å². The van der Waals surface area contributed by atoms with E-state index in [1.807, 2.05) is 6.92 Å². The second-order valence-electron chi connectivity index (χ2n) is 4.09. The summed E-state index contributed by atoms with van der Waals surface area (Å²) in [5.74, 6) is 2.04. The fourth-order valence-electron chi connectivity index (χ4n) is 1.73. The topological polar surface area (TPSA) is 78.4 Å². The van der Waals surface area contributed by atoms with Gasteiger partial charge in [-0.1, -0.05) is 0 Å². The Hall–Kier alpha value is -2.37. The van der Waals surface area contributed by atoms with Crippen LogP contribution in [-0.2, 0) is 6.42 Å². The predicted molar refractivity (Wildman–Crippen MR) is 68.3 cm³/mol. The highest BCUT2D eigenvalue weighted by molar-refractivity contribution is 5.35. The summed E-state index contributed by atoms with van der Waals surface area (Å²) < 4.78 is 10.8. The fourth-order valence-corrected chi connectivity index (χ4v) is 1.73. The lowest BCUT2D eigenvalue weighted by Gasteiger charge is -2.04. The number of non-ortho nitro benzene ring substituents is 1. The number of hydrogen-bond donors (Lipinski definition) is 0. The van der Waals surface area contributed by atoms with Crippen molar-refractivity contribution in [2.75, 3.05) is 6.61 Å². The van der Waals surface area contributed by atoms with Crippen LogP contribution in [0.4, 0.5) is 5.69 Å². The van der Waals surface area contributed by atoms with Crippen LogP contribution >= 0.6 is 0 Å². The smallest absolute Gasteiger partial charge is 0.269 e. The molecule has 0 fully saturated rings. The summed E-state index contributed by atoms with van der Waals surface area (Å²) in [5.41, 5.74) is 0.926. The molecule has 0 aliphatic carbocycles. The summed E-state index contributed by atoms with van der Waals surface area (Å²) in [6.07, 6.45) is 0.639. The van der Waals surface area contributed by atoms with Gasteiger partial charge in [0.15, 0.2) is 5.89 Å². The number of ether oxygens (including phenoxy) is 1. The van der Waals surface area contributed by atoms with E-state index >= 15 is 0 Å². The lowest BCUT2D eigenvalue weighted by atomic mass is 10.3. The SMILES string of the molecule is Cc1nc(CCOc2ccc([N+](=O)[O-])cc2)c(C)o1. The summed E-state index contributed by atoms with van der Waals surface area (Å²) in [6.45, 7) is 4.11. The molecule has 0 aliphatic heterocycles. The molecule has 0 N–H and O–H groups in total. The first kappa shape index (κ1) is 13.1. The largest absolute Gasteiger partial charge is 0.493 e. The molecule has 0 spiro atoms. The molecule has 0 saturated carbocycles. The Morgan fingerprint density at radius 2 is 2.00 bits per heavy atom. The molecule has 19 heavy (non-hydrogen) atoms. The standard InChI is InChI=1S/C13H14N2O4/c1-9-13(14-10(2)19-9)7-8-18-12-5-3-11(4-6-12)15(16)17/h3-6H,7-8H2,1-2H3. The van der Waals surface area contributed by atoms with E-state index in [0.29, 0.717) is 24.7 Å². The van der Waals surface area contributed by atoms with E-state index in [1.165, 1.54) is 12.1 Å². The monoisotopic (exact) mass is 262 g/mol. The minimum atomic E-state index is -0.439. The molecule has 0 amide bonds. The van der Waals surface area contributed by atoms with Gasteiger partial charge < -0.3 is 9.15 Å². The van der Waals surface area contributed by atoms with Crippen LogP contribution in [0, 0.1) is 24.0 Å². The van der Waals surface area contributed by atoms with Gasteiger partial charge in [0, 0.05) is 25.5 Å². The van der Waals surface area contributed by atoms with Gasteiger partial charge in [-0.25, -0.2) is 4.98 Å². The van der Waals surface area contributed by atoms with Crippen molar-refractivity contribution in [1.29, 1.82) is 0 Å². The fraction of sp³-hybridized carbons (Fsp3) is 0.308. The number of nitro groups is 1. The molecule has 1 aromatic carbocycles. The van der Waals surface area contributed by atoms with Crippen molar-refractivity contribution in [3.05, 3.63) is 51.7 Å². The van der Waals surface area contributed by atoms with Gasteiger partial charge in [-0.2, -0.15) is 0 Å². The van der Waals surface area contributed by atoms with E-state index in [2.05, 4.69) is 4.98 Å². The Balaban J connectivity index is 1.89. The second kappa shape index (κ2) is 5.51. The Bertz CT molecular complexity index is 575. The first-order chi connectivity index (χ1) is 9.06. The summed E-state index contributed by atoms with van der Waals surface area (Å²) in [6, 6.07) is 6.00. The lowest BCUT2D eigenvalue weighted by Crippen LogP contribution is -2.02. The minimum Gasteiger partial charge on any atom is -0.493 e. The Morgan fingerprint density at radius 1 is 1.32 bits per heavy atom. The summed E-state index contributed by atoms with van der Waals surface area (Å²) in [7, 11) is 0. The van der Waals surface area contributed by atoms with Crippen LogP contribution in [0.5, 0.6) is 5.75 Å². The van der Waals surface area contributed by atoms with Gasteiger partial charge in [-0.3, -0.25) is 10.1 Å². The maximum absolute atomic E-state index is 10.5. The highest BCUT2D eigenvalue weighted by atomic mass is 16.6. The van der Waals surface area contributed by atoms with Crippen LogP contribution < -0.4 is 4.74 Å². The number of nitrogens with zero attached hydrogens (tertiary/aromatic N) is 2. The molecular weight excluding hydrogens is 248 g/mol. The van der Waals surface area contributed by atoms with E-state index in [1.54, 1.807) is 19.1 Å². The van der Waals surface area contributed by atoms with Gasteiger partial charge in [0.2, 0.25) is 0 Å². The predicted octanol–water partition coefficient (Wildman–Crippen LogP) is 2.82. The van der Waals surface area contributed by atoms with Gasteiger partial charge in [0.1, 0.15) is 11.5 Å². The molecule has 0 aliphatic rings. The average Bonchev–Trinajstić information content (AvgIpc) is 2.68. The van der Waals surface area contributed by atoms with Crippen LogP contribution in [0.2, 0.25) is 0 Å². The number of aryl methyl sites for hydroxylation is 2. The molecule has 2 rings (SSSR count). The molecule has 6 nitrogen and oxygen atoms in total. The molecule has 0 bridgehead atoms. The molecular formula is C13H14N2O4. The number of aromatic nitrogens is 1. The van der Waals surface area contributed by atoms with Gasteiger partial charge in [-0.05, 0) is 19.1 Å². The van der Waals surface area contributed by atoms with Crippen LogP contribution in [0.1, 0.15) is 17.3 Å². The molecule has 0 saturated heterocycles. The van der Waals surface area contributed by atoms with Gasteiger partial charge in [-0.15, -0.1) is 0 Å². The molecule has 2 aromatic rings. The number of benzene rings is 1. The molecule has 1 aromatic heterocycles. The zero-order valence-electron chi connectivity index (χ0n) is 10.8. The van der Waals surface area contributed by atoms with Crippen LogP contribution in [0.15, 0.2) is 28.7 Å². The third kappa shape index (κ3) is 3.31. The molecule has 6 heteroatoms. The normalized spacial score (nSPS) is 10.4. The Labute approximate surface area is 110 Å². The van der Waals surface area contributed by atoms with E-state index in [9.17, 15) is 10.1 Å². The van der Waals surface area contributed by atoms with Crippen molar-refractivity contribution in [2.24, 2.45) is 0 Å². The van der Waals surface area contributed by atoms with Crippen molar-refractivity contribution >= 4 is 5.69 Å². The molecule has 0 atom stereocenters.